The van der Waals surface area contributed by atoms with Crippen molar-refractivity contribution in [3.63, 3.8) is 0 Å². The highest BCUT2D eigenvalue weighted by atomic mass is 16.6. The van der Waals surface area contributed by atoms with Crippen LogP contribution in [0.15, 0.2) is 24.5 Å². The number of fused-ring (bicyclic) bond motifs is 1. The summed E-state index contributed by atoms with van der Waals surface area (Å²) in [5.74, 6) is 2.39. The van der Waals surface area contributed by atoms with Crippen LogP contribution >= 0.6 is 0 Å². The van der Waals surface area contributed by atoms with Crippen LogP contribution in [0.2, 0.25) is 0 Å². The summed E-state index contributed by atoms with van der Waals surface area (Å²) in [6.07, 6.45) is 1.36. The molecule has 1 N–H and O–H groups in total. The quantitative estimate of drug-likeness (QED) is 0.523. The Hall–Kier alpha value is -3.10. The lowest BCUT2D eigenvalue weighted by Gasteiger charge is -2.27. The summed E-state index contributed by atoms with van der Waals surface area (Å²) in [5.41, 5.74) is 0.491. The number of nitro groups is 1. The Balaban J connectivity index is 1.97. The highest BCUT2D eigenvalue weighted by Gasteiger charge is 2.28. The number of anilines is 3. The van der Waals surface area contributed by atoms with Crippen molar-refractivity contribution in [2.75, 3.05) is 36.5 Å². The highest BCUT2D eigenvalue weighted by Crippen LogP contribution is 2.37. The molecule has 2 aromatic rings. The molecule has 1 aromatic heterocycles. The van der Waals surface area contributed by atoms with Gasteiger partial charge in [-0.1, -0.05) is 27.7 Å². The molecular weight excluding hydrogens is 374 g/mol. The lowest BCUT2D eigenvalue weighted by Crippen LogP contribution is -2.32. The van der Waals surface area contributed by atoms with E-state index in [0.29, 0.717) is 61.1 Å². The third-order valence-corrected chi connectivity index (χ3v) is 4.26. The van der Waals surface area contributed by atoms with Crippen molar-refractivity contribution in [2.24, 2.45) is 11.8 Å². The van der Waals surface area contributed by atoms with Gasteiger partial charge in [-0.15, -0.1) is 0 Å². The predicted octanol–water partition coefficient (Wildman–Crippen LogP) is 4.02. The molecule has 0 bridgehead atoms. The van der Waals surface area contributed by atoms with Crippen LogP contribution in [-0.2, 0) is 0 Å². The van der Waals surface area contributed by atoms with E-state index in [4.69, 9.17) is 9.47 Å². The fourth-order valence-electron chi connectivity index (χ4n) is 3.25. The average Bonchev–Trinajstić information content (AvgIpc) is 2.66. The smallest absolute Gasteiger partial charge is 0.353 e. The summed E-state index contributed by atoms with van der Waals surface area (Å²) in [6.45, 7) is 10.6. The first-order valence-corrected chi connectivity index (χ1v) is 9.76. The monoisotopic (exact) mass is 401 g/mol. The topological polar surface area (TPSA) is 103 Å². The number of benzene rings is 1. The number of nitrogens with one attached hydrogen (secondary N) is 1. The molecule has 0 saturated heterocycles. The van der Waals surface area contributed by atoms with Crippen molar-refractivity contribution in [3.8, 4) is 11.5 Å². The lowest BCUT2D eigenvalue weighted by molar-refractivity contribution is -0.383. The third-order valence-electron chi connectivity index (χ3n) is 4.26. The van der Waals surface area contributed by atoms with Gasteiger partial charge in [-0.25, -0.2) is 9.97 Å². The number of aromatic nitrogens is 2. The largest absolute Gasteiger partial charge is 0.486 e. The highest BCUT2D eigenvalue weighted by molar-refractivity contribution is 5.75. The third kappa shape index (κ3) is 5.04. The minimum atomic E-state index is -0.427. The molecule has 0 unspecified atom stereocenters. The fraction of sp³-hybridized carbons (Fsp3) is 0.500. The zero-order chi connectivity index (χ0) is 21.0. The zero-order valence-corrected chi connectivity index (χ0v) is 17.2. The van der Waals surface area contributed by atoms with Crippen molar-refractivity contribution >= 4 is 23.0 Å². The second-order valence-electron chi connectivity index (χ2n) is 7.83. The molecule has 0 saturated carbocycles. The molecule has 1 aliphatic rings. The summed E-state index contributed by atoms with van der Waals surface area (Å²) in [6, 6.07) is 5.30. The van der Waals surface area contributed by atoms with E-state index in [-0.39, 0.29) is 11.5 Å². The molecule has 2 heterocycles. The van der Waals surface area contributed by atoms with Gasteiger partial charge in [-0.05, 0) is 24.0 Å². The standard InChI is InChI=1S/C20H27N5O4/c1-13(2)10-24(11-14(3)4)20-18(25(26)27)19(21-12-22-20)23-15-5-6-16-17(9-15)29-8-7-28-16/h5-6,9,12-14H,7-8,10-11H2,1-4H3,(H,21,22,23). The molecule has 0 spiro atoms. The van der Waals surface area contributed by atoms with Crippen LogP contribution in [0.4, 0.5) is 23.0 Å². The second-order valence-corrected chi connectivity index (χ2v) is 7.83. The number of hydrogen-bond acceptors (Lipinski definition) is 8. The van der Waals surface area contributed by atoms with Crippen molar-refractivity contribution in [3.05, 3.63) is 34.6 Å². The van der Waals surface area contributed by atoms with Gasteiger partial charge < -0.3 is 19.7 Å². The first kappa shape index (κ1) is 20.6. The number of rotatable bonds is 8. The summed E-state index contributed by atoms with van der Waals surface area (Å²) >= 11 is 0. The molecule has 9 nitrogen and oxygen atoms in total. The van der Waals surface area contributed by atoms with Gasteiger partial charge in [0.05, 0.1) is 4.92 Å². The summed E-state index contributed by atoms with van der Waals surface area (Å²) in [4.78, 5) is 21.9. The lowest BCUT2D eigenvalue weighted by atomic mass is 10.1. The van der Waals surface area contributed by atoms with Gasteiger partial charge in [-0.2, -0.15) is 0 Å². The molecule has 0 radical (unpaired) electrons. The van der Waals surface area contributed by atoms with E-state index >= 15 is 0 Å². The minimum Gasteiger partial charge on any atom is -0.486 e. The van der Waals surface area contributed by atoms with Gasteiger partial charge in [0.1, 0.15) is 19.5 Å². The Labute approximate surface area is 170 Å². The van der Waals surface area contributed by atoms with Crippen LogP contribution in [0.3, 0.4) is 0 Å². The molecule has 3 rings (SSSR count). The van der Waals surface area contributed by atoms with Crippen molar-refractivity contribution in [2.45, 2.75) is 27.7 Å². The Morgan fingerprint density at radius 2 is 1.76 bits per heavy atom. The molecular formula is C20H27N5O4. The zero-order valence-electron chi connectivity index (χ0n) is 17.2. The molecule has 1 aliphatic heterocycles. The van der Waals surface area contributed by atoms with Gasteiger partial charge in [0.25, 0.3) is 0 Å². The molecule has 29 heavy (non-hydrogen) atoms. The van der Waals surface area contributed by atoms with Crippen LogP contribution in [0.25, 0.3) is 0 Å². The molecule has 0 aliphatic carbocycles. The van der Waals surface area contributed by atoms with Gasteiger partial charge in [0.2, 0.25) is 11.6 Å². The van der Waals surface area contributed by atoms with Gasteiger partial charge >= 0.3 is 5.69 Å². The summed E-state index contributed by atoms with van der Waals surface area (Å²) in [7, 11) is 0. The Morgan fingerprint density at radius 1 is 1.10 bits per heavy atom. The minimum absolute atomic E-state index is 0.135. The van der Waals surface area contributed by atoms with E-state index in [1.54, 1.807) is 18.2 Å². The maximum atomic E-state index is 12.0. The SMILES string of the molecule is CC(C)CN(CC(C)C)c1ncnc(Nc2ccc3c(c2)OCCO3)c1[N+](=O)[O-]. The normalized spacial score (nSPS) is 12.9. The molecule has 1 aromatic carbocycles. The van der Waals surface area contributed by atoms with Crippen LogP contribution in [0.1, 0.15) is 27.7 Å². The number of nitrogens with zero attached hydrogens (tertiary/aromatic N) is 4. The number of ether oxygens (including phenoxy) is 2. The first-order valence-electron chi connectivity index (χ1n) is 9.76. The maximum Gasteiger partial charge on any atom is 0.353 e. The van der Waals surface area contributed by atoms with Crippen LogP contribution in [0, 0.1) is 22.0 Å². The molecule has 156 valence electrons. The molecule has 0 atom stereocenters. The second kappa shape index (κ2) is 8.93. The first-order chi connectivity index (χ1) is 13.8. The molecule has 0 amide bonds. The van der Waals surface area contributed by atoms with E-state index in [1.807, 2.05) is 4.90 Å². The Kier molecular flexibility index (Phi) is 6.36. The van der Waals surface area contributed by atoms with Crippen LogP contribution < -0.4 is 19.7 Å². The van der Waals surface area contributed by atoms with Crippen molar-refractivity contribution in [1.29, 1.82) is 0 Å². The van der Waals surface area contributed by atoms with E-state index in [9.17, 15) is 10.1 Å². The summed E-state index contributed by atoms with van der Waals surface area (Å²) in [5, 5.41) is 15.0. The van der Waals surface area contributed by atoms with Gasteiger partial charge in [0, 0.05) is 24.8 Å². The van der Waals surface area contributed by atoms with E-state index in [0.717, 1.165) is 0 Å². The summed E-state index contributed by atoms with van der Waals surface area (Å²) < 4.78 is 11.1. The van der Waals surface area contributed by atoms with Gasteiger partial charge in [0.15, 0.2) is 11.5 Å². The number of hydrogen-bond donors (Lipinski definition) is 1. The van der Waals surface area contributed by atoms with Crippen molar-refractivity contribution < 1.29 is 14.4 Å². The van der Waals surface area contributed by atoms with Gasteiger partial charge in [-0.3, -0.25) is 10.1 Å². The maximum absolute atomic E-state index is 12.0. The van der Waals surface area contributed by atoms with E-state index in [2.05, 4.69) is 43.0 Å². The van der Waals surface area contributed by atoms with Crippen LogP contribution in [-0.4, -0.2) is 41.2 Å². The fourth-order valence-corrected chi connectivity index (χ4v) is 3.25. The Morgan fingerprint density at radius 3 is 2.38 bits per heavy atom. The Bertz CT molecular complexity index is 862. The van der Waals surface area contributed by atoms with E-state index in [1.165, 1.54) is 6.33 Å². The molecule has 9 heteroatoms. The van der Waals surface area contributed by atoms with E-state index < -0.39 is 4.92 Å². The molecule has 0 fully saturated rings. The average molecular weight is 401 g/mol. The van der Waals surface area contributed by atoms with Crippen LogP contribution in [0.5, 0.6) is 11.5 Å². The van der Waals surface area contributed by atoms with Crippen molar-refractivity contribution in [1.82, 2.24) is 9.97 Å². The predicted molar refractivity (Wildman–Crippen MR) is 111 cm³/mol.